The molecule has 0 aliphatic carbocycles. The number of carbonyl (C=O) groups excluding carboxylic acids is 1. The summed E-state index contributed by atoms with van der Waals surface area (Å²) in [6.45, 7) is 10.7. The number of benzene rings is 1. The lowest BCUT2D eigenvalue weighted by atomic mass is 9.93. The Hall–Kier alpha value is -1.62. The fraction of sp³-hybridized carbons (Fsp3) is 0.529. The molecule has 5 heteroatoms. The third-order valence-corrected chi connectivity index (χ3v) is 4.64. The Morgan fingerprint density at radius 3 is 2.45 bits per heavy atom. The first kappa shape index (κ1) is 16.7. The second kappa shape index (κ2) is 6.65. The molecule has 2 aromatic rings. The minimum atomic E-state index is -0.358. The smallest absolute Gasteiger partial charge is 0.367 e. The van der Waals surface area contributed by atoms with Crippen LogP contribution < -0.4 is 4.74 Å². The Balaban J connectivity index is 2.74. The van der Waals surface area contributed by atoms with Crippen LogP contribution in [-0.4, -0.2) is 24.7 Å². The van der Waals surface area contributed by atoms with Crippen LogP contribution >= 0.6 is 11.3 Å². The summed E-state index contributed by atoms with van der Waals surface area (Å²) in [4.78, 5) is 16.4. The molecule has 1 aromatic carbocycles. The molecule has 0 radical (unpaired) electrons. The van der Waals surface area contributed by atoms with Gasteiger partial charge < -0.3 is 9.47 Å². The monoisotopic (exact) mass is 321 g/mol. The van der Waals surface area contributed by atoms with Crippen molar-refractivity contribution >= 4 is 27.5 Å². The summed E-state index contributed by atoms with van der Waals surface area (Å²) in [5.41, 5.74) is 3.09. The number of hydrogen-bond donors (Lipinski definition) is 0. The number of hydrogen-bond acceptors (Lipinski definition) is 5. The second-order valence-corrected chi connectivity index (χ2v) is 6.81. The number of thiazole rings is 1. The van der Waals surface area contributed by atoms with Gasteiger partial charge in [0, 0.05) is 5.56 Å². The first-order valence-electron chi connectivity index (χ1n) is 7.59. The maximum atomic E-state index is 12.0. The van der Waals surface area contributed by atoms with Gasteiger partial charge in [-0.15, -0.1) is 11.3 Å². The van der Waals surface area contributed by atoms with Gasteiger partial charge in [0.25, 0.3) is 0 Å². The lowest BCUT2D eigenvalue weighted by Crippen LogP contribution is -2.03. The van der Waals surface area contributed by atoms with E-state index in [1.807, 2.05) is 6.07 Å². The average Bonchev–Trinajstić information content (AvgIpc) is 2.88. The van der Waals surface area contributed by atoms with Gasteiger partial charge in [-0.05, 0) is 30.4 Å². The molecule has 2 rings (SSSR count). The zero-order chi connectivity index (χ0) is 16.4. The van der Waals surface area contributed by atoms with Crippen molar-refractivity contribution < 1.29 is 14.3 Å². The Kier molecular flexibility index (Phi) is 5.06. The van der Waals surface area contributed by atoms with E-state index in [0.717, 1.165) is 27.1 Å². The van der Waals surface area contributed by atoms with Crippen LogP contribution in [0.25, 0.3) is 10.2 Å². The second-order valence-electron chi connectivity index (χ2n) is 5.81. The summed E-state index contributed by atoms with van der Waals surface area (Å²) in [5.74, 6) is 1.16. The van der Waals surface area contributed by atoms with Crippen molar-refractivity contribution in [3.05, 3.63) is 22.2 Å². The zero-order valence-corrected chi connectivity index (χ0v) is 14.8. The molecule has 0 N–H and O–H groups in total. The van der Waals surface area contributed by atoms with Gasteiger partial charge in [0.05, 0.1) is 23.9 Å². The quantitative estimate of drug-likeness (QED) is 0.747. The number of rotatable bonds is 5. The Bertz CT molecular complexity index is 689. The standard InChI is InChI=1S/C17H23NO3S/c1-7-21-17(19)16-18-12-8-11(9(2)3)14(20-6)13(10(4)5)15(12)22-16/h8-10H,7H2,1-6H3. The van der Waals surface area contributed by atoms with Gasteiger partial charge in [-0.1, -0.05) is 27.7 Å². The molecule has 1 heterocycles. The summed E-state index contributed by atoms with van der Waals surface area (Å²) in [6.07, 6.45) is 0. The van der Waals surface area contributed by atoms with Gasteiger partial charge in [-0.3, -0.25) is 0 Å². The van der Waals surface area contributed by atoms with Gasteiger partial charge >= 0.3 is 5.97 Å². The van der Waals surface area contributed by atoms with Gasteiger partial charge in [0.15, 0.2) is 0 Å². The Labute approximate surface area is 135 Å². The molecule has 0 amide bonds. The van der Waals surface area contributed by atoms with Gasteiger partial charge in [0.2, 0.25) is 5.01 Å². The summed E-state index contributed by atoms with van der Waals surface area (Å²) in [5, 5.41) is 0.404. The first-order chi connectivity index (χ1) is 10.4. The van der Waals surface area contributed by atoms with E-state index in [1.54, 1.807) is 14.0 Å². The number of ether oxygens (including phenoxy) is 2. The fourth-order valence-electron chi connectivity index (χ4n) is 2.56. The number of methoxy groups -OCH3 is 1. The van der Waals surface area contributed by atoms with Crippen LogP contribution in [0.1, 0.15) is 67.4 Å². The molecule has 22 heavy (non-hydrogen) atoms. The van der Waals surface area contributed by atoms with Gasteiger partial charge in [-0.25, -0.2) is 9.78 Å². The summed E-state index contributed by atoms with van der Waals surface area (Å²) >= 11 is 1.38. The number of aromatic nitrogens is 1. The predicted octanol–water partition coefficient (Wildman–Crippen LogP) is 4.73. The minimum Gasteiger partial charge on any atom is -0.496 e. The van der Waals surface area contributed by atoms with Crippen molar-refractivity contribution in [3.63, 3.8) is 0 Å². The highest BCUT2D eigenvalue weighted by Crippen LogP contribution is 2.42. The molecule has 0 aliphatic rings. The molecule has 0 atom stereocenters. The van der Waals surface area contributed by atoms with E-state index in [-0.39, 0.29) is 11.9 Å². The molecular formula is C17H23NO3S. The molecule has 0 unspecified atom stereocenters. The van der Waals surface area contributed by atoms with Crippen molar-refractivity contribution in [2.45, 2.75) is 46.5 Å². The van der Waals surface area contributed by atoms with Crippen LogP contribution in [-0.2, 0) is 4.74 Å². The minimum absolute atomic E-state index is 0.284. The van der Waals surface area contributed by atoms with Crippen LogP contribution in [0, 0.1) is 0 Å². The summed E-state index contributed by atoms with van der Waals surface area (Å²) < 4.78 is 11.8. The van der Waals surface area contributed by atoms with Crippen molar-refractivity contribution in [3.8, 4) is 5.75 Å². The topological polar surface area (TPSA) is 48.4 Å². The molecule has 0 fully saturated rings. The van der Waals surface area contributed by atoms with Gasteiger partial charge in [0.1, 0.15) is 5.75 Å². The van der Waals surface area contributed by atoms with E-state index >= 15 is 0 Å². The number of esters is 1. The molecule has 0 spiro atoms. The third-order valence-electron chi connectivity index (χ3n) is 3.55. The average molecular weight is 321 g/mol. The highest BCUT2D eigenvalue weighted by molar-refractivity contribution is 7.20. The molecule has 4 nitrogen and oxygen atoms in total. The van der Waals surface area contributed by atoms with E-state index in [0.29, 0.717) is 17.5 Å². The highest BCUT2D eigenvalue weighted by atomic mass is 32.1. The molecule has 0 aliphatic heterocycles. The van der Waals surface area contributed by atoms with Gasteiger partial charge in [-0.2, -0.15) is 0 Å². The Morgan fingerprint density at radius 1 is 1.27 bits per heavy atom. The SMILES string of the molecule is CCOC(=O)c1nc2cc(C(C)C)c(OC)c(C(C)C)c2s1. The number of nitrogens with zero attached hydrogens (tertiary/aromatic N) is 1. The summed E-state index contributed by atoms with van der Waals surface area (Å²) in [7, 11) is 1.70. The van der Waals surface area contributed by atoms with Crippen LogP contribution in [0.15, 0.2) is 6.07 Å². The van der Waals surface area contributed by atoms with Crippen LogP contribution in [0.5, 0.6) is 5.75 Å². The highest BCUT2D eigenvalue weighted by Gasteiger charge is 2.23. The maximum absolute atomic E-state index is 12.0. The van der Waals surface area contributed by atoms with E-state index in [4.69, 9.17) is 9.47 Å². The van der Waals surface area contributed by atoms with E-state index in [9.17, 15) is 4.79 Å². The maximum Gasteiger partial charge on any atom is 0.367 e. The number of carbonyl (C=O) groups is 1. The Morgan fingerprint density at radius 2 is 1.95 bits per heavy atom. The fourth-order valence-corrected chi connectivity index (χ4v) is 3.68. The largest absolute Gasteiger partial charge is 0.496 e. The predicted molar refractivity (Wildman–Crippen MR) is 90.3 cm³/mol. The summed E-state index contributed by atoms with van der Waals surface area (Å²) in [6, 6.07) is 2.03. The van der Waals surface area contributed by atoms with Crippen molar-refractivity contribution in [1.29, 1.82) is 0 Å². The molecule has 1 aromatic heterocycles. The van der Waals surface area contributed by atoms with Crippen LogP contribution in [0.4, 0.5) is 0 Å². The number of fused-ring (bicyclic) bond motifs is 1. The van der Waals surface area contributed by atoms with E-state index < -0.39 is 0 Å². The van der Waals surface area contributed by atoms with Crippen LogP contribution in [0.3, 0.4) is 0 Å². The van der Waals surface area contributed by atoms with Crippen molar-refractivity contribution in [2.24, 2.45) is 0 Å². The first-order valence-corrected chi connectivity index (χ1v) is 8.40. The van der Waals surface area contributed by atoms with E-state index in [1.165, 1.54) is 11.3 Å². The lowest BCUT2D eigenvalue weighted by molar-refractivity contribution is 0.0526. The molecule has 120 valence electrons. The normalized spacial score (nSPS) is 11.5. The molecule has 0 saturated heterocycles. The molecular weight excluding hydrogens is 298 g/mol. The third kappa shape index (κ3) is 2.95. The van der Waals surface area contributed by atoms with E-state index in [2.05, 4.69) is 32.7 Å². The molecule has 0 bridgehead atoms. The zero-order valence-electron chi connectivity index (χ0n) is 14.0. The van der Waals surface area contributed by atoms with Crippen molar-refractivity contribution in [1.82, 2.24) is 4.98 Å². The molecule has 0 saturated carbocycles. The van der Waals surface area contributed by atoms with Crippen LogP contribution in [0.2, 0.25) is 0 Å². The lowest BCUT2D eigenvalue weighted by Gasteiger charge is -2.18. The van der Waals surface area contributed by atoms with Crippen molar-refractivity contribution in [2.75, 3.05) is 13.7 Å².